The highest BCUT2D eigenvalue weighted by Gasteiger charge is 2.27. The van der Waals surface area contributed by atoms with E-state index in [2.05, 4.69) is 21.2 Å². The minimum atomic E-state index is -0.650. The average molecular weight is 491 g/mol. The number of benzene rings is 2. The van der Waals surface area contributed by atoms with Gasteiger partial charge in [-0.05, 0) is 68.7 Å². The van der Waals surface area contributed by atoms with E-state index >= 15 is 0 Å². The molecule has 6 nitrogen and oxygen atoms in total. The van der Waals surface area contributed by atoms with Gasteiger partial charge in [-0.25, -0.2) is 0 Å². The van der Waals surface area contributed by atoms with Gasteiger partial charge in [0.25, 0.3) is 5.91 Å². The highest BCUT2D eigenvalue weighted by Crippen LogP contribution is 2.22. The standard InChI is InChI=1S/C24H31BrN2O4/c1-6-17(3)26-24(29)18(4)27(14-19-8-7-9-20(13-19)30-5)23(28)15-31-21-10-11-22(25)16(2)12-21/h7-13,17-18H,6,14-15H2,1-5H3,(H,26,29)/t17-,18+/m0/s1. The van der Waals surface area contributed by atoms with E-state index in [1.165, 1.54) is 4.90 Å². The van der Waals surface area contributed by atoms with Gasteiger partial charge in [0.05, 0.1) is 7.11 Å². The first kappa shape index (κ1) is 24.7. The summed E-state index contributed by atoms with van der Waals surface area (Å²) < 4.78 is 12.0. The molecule has 0 aromatic heterocycles. The minimum Gasteiger partial charge on any atom is -0.497 e. The molecule has 2 aromatic rings. The summed E-state index contributed by atoms with van der Waals surface area (Å²) in [6, 6.07) is 12.4. The van der Waals surface area contributed by atoms with Crippen LogP contribution < -0.4 is 14.8 Å². The van der Waals surface area contributed by atoms with E-state index in [1.54, 1.807) is 20.1 Å². The van der Waals surface area contributed by atoms with E-state index in [1.807, 2.05) is 57.2 Å². The maximum Gasteiger partial charge on any atom is 0.261 e. The number of rotatable bonds is 10. The summed E-state index contributed by atoms with van der Waals surface area (Å²) >= 11 is 3.46. The Morgan fingerprint density at radius 3 is 2.52 bits per heavy atom. The first-order valence-electron chi connectivity index (χ1n) is 10.4. The van der Waals surface area contributed by atoms with Crippen LogP contribution in [0.15, 0.2) is 46.9 Å². The summed E-state index contributed by atoms with van der Waals surface area (Å²) in [6.07, 6.45) is 0.814. The maximum atomic E-state index is 13.1. The molecule has 0 saturated heterocycles. The zero-order valence-corrected chi connectivity index (χ0v) is 20.4. The van der Waals surface area contributed by atoms with Gasteiger partial charge in [0.15, 0.2) is 6.61 Å². The Morgan fingerprint density at radius 2 is 1.87 bits per heavy atom. The molecule has 0 heterocycles. The summed E-state index contributed by atoms with van der Waals surface area (Å²) in [7, 11) is 1.60. The number of ether oxygens (including phenoxy) is 2. The topological polar surface area (TPSA) is 67.9 Å². The molecule has 0 saturated carbocycles. The Kier molecular flexibility index (Phi) is 9.37. The van der Waals surface area contributed by atoms with E-state index in [9.17, 15) is 9.59 Å². The van der Waals surface area contributed by atoms with Crippen molar-refractivity contribution in [1.82, 2.24) is 10.2 Å². The van der Waals surface area contributed by atoms with Crippen LogP contribution in [0.4, 0.5) is 0 Å². The molecule has 0 aliphatic rings. The average Bonchev–Trinajstić information content (AvgIpc) is 2.77. The maximum absolute atomic E-state index is 13.1. The molecule has 2 rings (SSSR count). The van der Waals surface area contributed by atoms with Crippen LogP contribution >= 0.6 is 15.9 Å². The predicted molar refractivity (Wildman–Crippen MR) is 125 cm³/mol. The summed E-state index contributed by atoms with van der Waals surface area (Å²) in [6.45, 7) is 7.75. The number of methoxy groups -OCH3 is 1. The van der Waals surface area contributed by atoms with Crippen LogP contribution in [-0.2, 0) is 16.1 Å². The number of carbonyl (C=O) groups excluding carboxylic acids is 2. The molecule has 0 radical (unpaired) electrons. The number of aryl methyl sites for hydroxylation is 1. The van der Waals surface area contributed by atoms with Gasteiger partial charge < -0.3 is 19.7 Å². The van der Waals surface area contributed by atoms with Crippen LogP contribution in [0.5, 0.6) is 11.5 Å². The minimum absolute atomic E-state index is 0.0331. The second kappa shape index (κ2) is 11.7. The summed E-state index contributed by atoms with van der Waals surface area (Å²) in [5.41, 5.74) is 1.88. The van der Waals surface area contributed by atoms with Gasteiger partial charge in [-0.3, -0.25) is 9.59 Å². The Labute approximate surface area is 193 Å². The Bertz CT molecular complexity index is 903. The predicted octanol–water partition coefficient (Wildman–Crippen LogP) is 4.48. The largest absolute Gasteiger partial charge is 0.497 e. The van der Waals surface area contributed by atoms with Gasteiger partial charge in [0.1, 0.15) is 17.5 Å². The normalized spacial score (nSPS) is 12.6. The van der Waals surface area contributed by atoms with Crippen molar-refractivity contribution in [3.63, 3.8) is 0 Å². The van der Waals surface area contributed by atoms with Crippen molar-refractivity contribution in [3.8, 4) is 11.5 Å². The van der Waals surface area contributed by atoms with Gasteiger partial charge in [0, 0.05) is 17.1 Å². The number of halogens is 1. The number of hydrogen-bond acceptors (Lipinski definition) is 4. The lowest BCUT2D eigenvalue weighted by Gasteiger charge is -2.29. The van der Waals surface area contributed by atoms with Crippen LogP contribution in [0.2, 0.25) is 0 Å². The molecule has 0 unspecified atom stereocenters. The molecular weight excluding hydrogens is 460 g/mol. The Morgan fingerprint density at radius 1 is 1.13 bits per heavy atom. The fourth-order valence-corrected chi connectivity index (χ4v) is 3.20. The Hall–Kier alpha value is -2.54. The number of carbonyl (C=O) groups is 2. The van der Waals surface area contributed by atoms with E-state index in [-0.39, 0.29) is 31.0 Å². The number of amides is 2. The zero-order valence-electron chi connectivity index (χ0n) is 18.8. The van der Waals surface area contributed by atoms with Crippen molar-refractivity contribution < 1.29 is 19.1 Å². The monoisotopic (exact) mass is 490 g/mol. The van der Waals surface area contributed by atoms with Crippen LogP contribution in [0.3, 0.4) is 0 Å². The third-order valence-corrected chi connectivity index (χ3v) is 6.04. The second-order valence-corrected chi connectivity index (χ2v) is 8.42. The summed E-state index contributed by atoms with van der Waals surface area (Å²) in [5, 5.41) is 2.96. The third-order valence-electron chi connectivity index (χ3n) is 5.15. The van der Waals surface area contributed by atoms with E-state index in [0.717, 1.165) is 22.0 Å². The number of nitrogens with one attached hydrogen (secondary N) is 1. The molecule has 2 atom stereocenters. The van der Waals surface area contributed by atoms with Gasteiger partial charge >= 0.3 is 0 Å². The van der Waals surface area contributed by atoms with E-state index in [0.29, 0.717) is 11.5 Å². The summed E-state index contributed by atoms with van der Waals surface area (Å²) in [4.78, 5) is 27.4. The summed E-state index contributed by atoms with van der Waals surface area (Å²) in [5.74, 6) is 0.843. The van der Waals surface area contributed by atoms with Gasteiger partial charge in [0.2, 0.25) is 5.91 Å². The van der Waals surface area contributed by atoms with Crippen LogP contribution in [0, 0.1) is 6.92 Å². The molecule has 0 spiro atoms. The lowest BCUT2D eigenvalue weighted by Crippen LogP contribution is -2.50. The van der Waals surface area contributed by atoms with Crippen molar-refractivity contribution in [2.45, 2.75) is 52.7 Å². The van der Waals surface area contributed by atoms with E-state index in [4.69, 9.17) is 9.47 Å². The highest BCUT2D eigenvalue weighted by atomic mass is 79.9. The van der Waals surface area contributed by atoms with Gasteiger partial charge in [-0.1, -0.05) is 35.0 Å². The van der Waals surface area contributed by atoms with Gasteiger partial charge in [-0.15, -0.1) is 0 Å². The van der Waals surface area contributed by atoms with Gasteiger partial charge in [-0.2, -0.15) is 0 Å². The van der Waals surface area contributed by atoms with Crippen molar-refractivity contribution >= 4 is 27.7 Å². The molecule has 0 fully saturated rings. The SMILES string of the molecule is CC[C@H](C)NC(=O)[C@@H](C)N(Cc1cccc(OC)c1)C(=O)COc1ccc(Br)c(C)c1. The smallest absolute Gasteiger partial charge is 0.261 e. The van der Waals surface area contributed by atoms with Crippen LogP contribution in [0.1, 0.15) is 38.3 Å². The molecule has 0 bridgehead atoms. The Balaban J connectivity index is 2.18. The first-order chi connectivity index (χ1) is 14.7. The fourth-order valence-electron chi connectivity index (χ4n) is 2.95. The molecule has 1 N–H and O–H groups in total. The fraction of sp³-hybridized carbons (Fsp3) is 0.417. The first-order valence-corrected chi connectivity index (χ1v) is 11.2. The lowest BCUT2D eigenvalue weighted by atomic mass is 10.1. The van der Waals surface area contributed by atoms with Crippen molar-refractivity contribution in [1.29, 1.82) is 0 Å². The third kappa shape index (κ3) is 7.28. The van der Waals surface area contributed by atoms with Crippen molar-refractivity contribution in [3.05, 3.63) is 58.1 Å². The quantitative estimate of drug-likeness (QED) is 0.533. The number of hydrogen-bond donors (Lipinski definition) is 1. The molecule has 31 heavy (non-hydrogen) atoms. The van der Waals surface area contributed by atoms with Crippen LogP contribution in [-0.4, -0.2) is 42.5 Å². The van der Waals surface area contributed by atoms with Crippen molar-refractivity contribution in [2.24, 2.45) is 0 Å². The lowest BCUT2D eigenvalue weighted by molar-refractivity contribution is -0.142. The molecule has 2 aromatic carbocycles. The molecule has 2 amide bonds. The molecule has 0 aliphatic heterocycles. The highest BCUT2D eigenvalue weighted by molar-refractivity contribution is 9.10. The molecule has 168 valence electrons. The number of nitrogens with zero attached hydrogens (tertiary/aromatic N) is 1. The zero-order chi connectivity index (χ0) is 23.0. The molecule has 7 heteroatoms. The molecular formula is C24H31BrN2O4. The second-order valence-electron chi connectivity index (χ2n) is 7.57. The molecule has 0 aliphatic carbocycles. The van der Waals surface area contributed by atoms with E-state index < -0.39 is 6.04 Å². The van der Waals surface area contributed by atoms with Crippen molar-refractivity contribution in [2.75, 3.05) is 13.7 Å². The van der Waals surface area contributed by atoms with Crippen LogP contribution in [0.25, 0.3) is 0 Å².